The fourth-order valence-corrected chi connectivity index (χ4v) is 2.01. The van der Waals surface area contributed by atoms with Gasteiger partial charge >= 0.3 is 0 Å². The summed E-state index contributed by atoms with van der Waals surface area (Å²) in [6, 6.07) is 4.02. The van der Waals surface area contributed by atoms with Crippen LogP contribution < -0.4 is 0 Å². The number of hydrogen-bond acceptors (Lipinski definition) is 4. The third kappa shape index (κ3) is 2.34. The van der Waals surface area contributed by atoms with Crippen LogP contribution in [0.4, 0.5) is 0 Å². The van der Waals surface area contributed by atoms with E-state index in [0.717, 1.165) is 6.42 Å². The van der Waals surface area contributed by atoms with Crippen molar-refractivity contribution >= 4 is 5.91 Å². The van der Waals surface area contributed by atoms with E-state index >= 15 is 0 Å². The summed E-state index contributed by atoms with van der Waals surface area (Å²) in [5, 5.41) is 27.5. The smallest absolute Gasteiger partial charge is 0.254 e. The van der Waals surface area contributed by atoms with E-state index in [4.69, 9.17) is 10.2 Å². The van der Waals surface area contributed by atoms with Crippen LogP contribution in [0.15, 0.2) is 18.2 Å². The van der Waals surface area contributed by atoms with Gasteiger partial charge in [0.25, 0.3) is 5.91 Å². The zero-order valence-electron chi connectivity index (χ0n) is 9.33. The number of rotatable bonds is 2. The first-order valence-electron chi connectivity index (χ1n) is 5.54. The average molecular weight is 237 g/mol. The SMILES string of the molecule is O=C(c1ccc(O)c(O)c1)N1CCC(CO)C1. The summed E-state index contributed by atoms with van der Waals surface area (Å²) >= 11 is 0. The number of nitrogens with zero attached hydrogens (tertiary/aromatic N) is 1. The van der Waals surface area contributed by atoms with E-state index in [1.807, 2.05) is 0 Å². The second-order valence-electron chi connectivity index (χ2n) is 4.29. The number of hydrogen-bond donors (Lipinski definition) is 3. The van der Waals surface area contributed by atoms with Gasteiger partial charge in [-0.3, -0.25) is 4.79 Å². The number of aliphatic hydroxyl groups excluding tert-OH is 1. The molecule has 1 fully saturated rings. The molecular weight excluding hydrogens is 222 g/mol. The lowest BCUT2D eigenvalue weighted by molar-refractivity contribution is 0.0781. The van der Waals surface area contributed by atoms with Crippen LogP contribution in [-0.2, 0) is 0 Å². The number of phenols is 2. The molecule has 2 rings (SSSR count). The lowest BCUT2D eigenvalue weighted by Gasteiger charge is -2.16. The largest absolute Gasteiger partial charge is 0.504 e. The van der Waals surface area contributed by atoms with E-state index < -0.39 is 0 Å². The summed E-state index contributed by atoms with van der Waals surface area (Å²) < 4.78 is 0. The Kier molecular flexibility index (Phi) is 3.19. The molecule has 1 aliphatic rings. The highest BCUT2D eigenvalue weighted by atomic mass is 16.3. The highest BCUT2D eigenvalue weighted by Crippen LogP contribution is 2.26. The number of carbonyl (C=O) groups is 1. The molecule has 0 aliphatic carbocycles. The predicted octanol–water partition coefficient (Wildman–Crippen LogP) is 0.552. The van der Waals surface area contributed by atoms with Crippen LogP contribution in [0.5, 0.6) is 11.5 Å². The third-order valence-corrected chi connectivity index (χ3v) is 3.05. The zero-order chi connectivity index (χ0) is 12.4. The van der Waals surface area contributed by atoms with E-state index in [2.05, 4.69) is 0 Å². The molecule has 1 atom stereocenters. The van der Waals surface area contributed by atoms with Gasteiger partial charge in [-0.05, 0) is 24.6 Å². The van der Waals surface area contributed by atoms with Crippen molar-refractivity contribution in [1.29, 1.82) is 0 Å². The summed E-state index contributed by atoms with van der Waals surface area (Å²) in [6.45, 7) is 1.24. The van der Waals surface area contributed by atoms with E-state index in [1.165, 1.54) is 18.2 Å². The highest BCUT2D eigenvalue weighted by Gasteiger charge is 2.26. The Hall–Kier alpha value is -1.75. The van der Waals surface area contributed by atoms with Crippen LogP contribution in [0, 0.1) is 5.92 Å². The standard InChI is InChI=1S/C12H15NO4/c14-7-8-3-4-13(6-8)12(17)9-1-2-10(15)11(16)5-9/h1-2,5,8,14-16H,3-4,6-7H2. The minimum absolute atomic E-state index is 0.0879. The van der Waals surface area contributed by atoms with Crippen LogP contribution in [0.2, 0.25) is 0 Å². The zero-order valence-corrected chi connectivity index (χ0v) is 9.33. The van der Waals surface area contributed by atoms with Crippen LogP contribution in [0.3, 0.4) is 0 Å². The van der Waals surface area contributed by atoms with Gasteiger partial charge in [0.2, 0.25) is 0 Å². The molecule has 0 aromatic heterocycles. The molecule has 1 saturated heterocycles. The van der Waals surface area contributed by atoms with Crippen LogP contribution in [0.1, 0.15) is 16.8 Å². The molecule has 3 N–H and O–H groups in total. The molecular formula is C12H15NO4. The van der Waals surface area contributed by atoms with Crippen molar-refractivity contribution in [3.05, 3.63) is 23.8 Å². The number of aromatic hydroxyl groups is 2. The van der Waals surface area contributed by atoms with E-state index in [9.17, 15) is 9.90 Å². The molecule has 1 heterocycles. The Balaban J connectivity index is 2.12. The molecule has 0 saturated carbocycles. The summed E-state index contributed by atoms with van der Waals surface area (Å²) in [7, 11) is 0. The molecule has 1 aliphatic heterocycles. The quantitative estimate of drug-likeness (QED) is 0.656. The Morgan fingerprint density at radius 3 is 2.71 bits per heavy atom. The molecule has 1 aromatic rings. The number of carbonyl (C=O) groups excluding carboxylic acids is 1. The molecule has 0 bridgehead atoms. The fourth-order valence-electron chi connectivity index (χ4n) is 2.01. The van der Waals surface area contributed by atoms with Gasteiger partial charge in [0, 0.05) is 31.2 Å². The topological polar surface area (TPSA) is 81.0 Å². The molecule has 0 spiro atoms. The van der Waals surface area contributed by atoms with Crippen LogP contribution in [0.25, 0.3) is 0 Å². The molecule has 92 valence electrons. The van der Waals surface area contributed by atoms with Crippen molar-refractivity contribution < 1.29 is 20.1 Å². The fraction of sp³-hybridized carbons (Fsp3) is 0.417. The molecule has 1 unspecified atom stereocenters. The Labute approximate surface area is 98.9 Å². The van der Waals surface area contributed by atoms with Crippen molar-refractivity contribution in [3.8, 4) is 11.5 Å². The van der Waals surface area contributed by atoms with Gasteiger partial charge in [-0.1, -0.05) is 0 Å². The molecule has 17 heavy (non-hydrogen) atoms. The highest BCUT2D eigenvalue weighted by molar-refractivity contribution is 5.95. The Morgan fingerprint density at radius 2 is 2.12 bits per heavy atom. The number of benzene rings is 1. The van der Waals surface area contributed by atoms with Crippen LogP contribution in [-0.4, -0.2) is 45.8 Å². The average Bonchev–Trinajstić information content (AvgIpc) is 2.80. The third-order valence-electron chi connectivity index (χ3n) is 3.05. The predicted molar refractivity (Wildman–Crippen MR) is 60.9 cm³/mol. The number of phenolic OH excluding ortho intramolecular Hbond substituents is 2. The molecule has 0 radical (unpaired) electrons. The maximum Gasteiger partial charge on any atom is 0.254 e. The first-order chi connectivity index (χ1) is 8.11. The second kappa shape index (κ2) is 4.63. The summed E-state index contributed by atoms with van der Waals surface area (Å²) in [6.07, 6.45) is 0.798. The molecule has 1 amide bonds. The van der Waals surface area contributed by atoms with Gasteiger partial charge in [-0.25, -0.2) is 0 Å². The summed E-state index contributed by atoms with van der Waals surface area (Å²) in [5.74, 6) is -0.578. The van der Waals surface area contributed by atoms with Crippen LogP contribution >= 0.6 is 0 Å². The van der Waals surface area contributed by atoms with Crippen molar-refractivity contribution in [2.24, 2.45) is 5.92 Å². The van der Waals surface area contributed by atoms with Gasteiger partial charge in [0.15, 0.2) is 11.5 Å². The summed E-state index contributed by atoms with van der Waals surface area (Å²) in [4.78, 5) is 13.7. The number of likely N-dealkylation sites (tertiary alicyclic amines) is 1. The van der Waals surface area contributed by atoms with Crippen molar-refractivity contribution in [3.63, 3.8) is 0 Å². The molecule has 5 nitrogen and oxygen atoms in total. The first kappa shape index (κ1) is 11.7. The maximum atomic E-state index is 12.0. The minimum Gasteiger partial charge on any atom is -0.504 e. The normalized spacial score (nSPS) is 19.6. The van der Waals surface area contributed by atoms with Gasteiger partial charge in [-0.15, -0.1) is 0 Å². The maximum absolute atomic E-state index is 12.0. The van der Waals surface area contributed by atoms with Gasteiger partial charge in [0.05, 0.1) is 0 Å². The molecule has 1 aromatic carbocycles. The van der Waals surface area contributed by atoms with E-state index in [0.29, 0.717) is 18.7 Å². The van der Waals surface area contributed by atoms with E-state index in [1.54, 1.807) is 4.90 Å². The van der Waals surface area contributed by atoms with E-state index in [-0.39, 0.29) is 29.9 Å². The molecule has 5 heteroatoms. The number of aliphatic hydroxyl groups is 1. The number of amides is 1. The Bertz CT molecular complexity index is 433. The van der Waals surface area contributed by atoms with Crippen molar-refractivity contribution in [2.45, 2.75) is 6.42 Å². The van der Waals surface area contributed by atoms with Gasteiger partial charge < -0.3 is 20.2 Å². The first-order valence-corrected chi connectivity index (χ1v) is 5.54. The van der Waals surface area contributed by atoms with Crippen molar-refractivity contribution in [1.82, 2.24) is 4.90 Å². The lowest BCUT2D eigenvalue weighted by atomic mass is 10.1. The summed E-state index contributed by atoms with van der Waals surface area (Å²) in [5.41, 5.74) is 0.346. The minimum atomic E-state index is -0.297. The lowest BCUT2D eigenvalue weighted by Crippen LogP contribution is -2.29. The monoisotopic (exact) mass is 237 g/mol. The second-order valence-corrected chi connectivity index (χ2v) is 4.29. The van der Waals surface area contributed by atoms with Crippen molar-refractivity contribution in [2.75, 3.05) is 19.7 Å². The Morgan fingerprint density at radius 1 is 1.35 bits per heavy atom. The van der Waals surface area contributed by atoms with Gasteiger partial charge in [0.1, 0.15) is 0 Å². The van der Waals surface area contributed by atoms with Gasteiger partial charge in [-0.2, -0.15) is 0 Å².